The van der Waals surface area contributed by atoms with Crippen molar-refractivity contribution in [3.63, 3.8) is 0 Å². The number of carbonyl (C=O) groups excluding carboxylic acids is 1. The summed E-state index contributed by atoms with van der Waals surface area (Å²) in [5.74, 6) is -1.09. The predicted octanol–water partition coefficient (Wildman–Crippen LogP) is 2.52. The van der Waals surface area contributed by atoms with Crippen LogP contribution in [0.2, 0.25) is 0 Å². The molecule has 4 rings (SSSR count). The number of hydrogen-bond donors (Lipinski definition) is 4. The highest BCUT2D eigenvalue weighted by atomic mass is 19.1. The van der Waals surface area contributed by atoms with Gasteiger partial charge < -0.3 is 22.1 Å². The number of nitrogens with one attached hydrogen (secondary N) is 2. The maximum absolute atomic E-state index is 14.9. The fourth-order valence-electron chi connectivity index (χ4n) is 4.02. The third-order valence-electron chi connectivity index (χ3n) is 6.09. The van der Waals surface area contributed by atoms with E-state index in [9.17, 15) is 9.18 Å². The maximum Gasteiger partial charge on any atom is 0.252 e. The van der Waals surface area contributed by atoms with Crippen LogP contribution in [-0.4, -0.2) is 43.0 Å². The van der Waals surface area contributed by atoms with Gasteiger partial charge in [0, 0.05) is 12.1 Å². The number of aromatic nitrogens is 5. The number of anilines is 3. The van der Waals surface area contributed by atoms with Gasteiger partial charge in [0.2, 0.25) is 0 Å². The van der Waals surface area contributed by atoms with Crippen molar-refractivity contribution in [2.24, 2.45) is 22.8 Å². The molecule has 0 radical (unpaired) electrons. The normalized spacial score (nSPS) is 18.4. The first-order chi connectivity index (χ1) is 15.6. The number of nitrogens with two attached hydrogens (primary N) is 2. The molecule has 1 saturated carbocycles. The van der Waals surface area contributed by atoms with Crippen LogP contribution in [0.5, 0.6) is 0 Å². The Balaban J connectivity index is 1.68. The minimum absolute atomic E-state index is 0.00142. The van der Waals surface area contributed by atoms with Gasteiger partial charge in [-0.05, 0) is 43.7 Å². The van der Waals surface area contributed by atoms with Crippen molar-refractivity contribution in [1.29, 1.82) is 0 Å². The van der Waals surface area contributed by atoms with Crippen LogP contribution in [0.3, 0.4) is 0 Å². The molecular weight excluding hydrogens is 425 g/mol. The third-order valence-corrected chi connectivity index (χ3v) is 6.09. The van der Waals surface area contributed by atoms with Gasteiger partial charge in [0.25, 0.3) is 5.91 Å². The Kier molecular flexibility index (Phi) is 5.75. The molecule has 0 aliphatic heterocycles. The van der Waals surface area contributed by atoms with Gasteiger partial charge >= 0.3 is 0 Å². The number of nitrogens with zero attached hydrogens (tertiary/aromatic N) is 5. The molecule has 1 fully saturated rings. The smallest absolute Gasteiger partial charge is 0.252 e. The predicted molar refractivity (Wildman–Crippen MR) is 123 cm³/mol. The molecule has 3 aromatic heterocycles. The molecule has 6 N–H and O–H groups in total. The summed E-state index contributed by atoms with van der Waals surface area (Å²) in [5.41, 5.74) is 13.6. The molecule has 0 spiro atoms. The second-order valence-corrected chi connectivity index (χ2v) is 9.18. The minimum atomic E-state index is -0.809. The molecule has 1 aliphatic rings. The van der Waals surface area contributed by atoms with Gasteiger partial charge in [-0.25, -0.2) is 9.37 Å². The molecule has 3 atom stereocenters. The third kappa shape index (κ3) is 4.63. The van der Waals surface area contributed by atoms with E-state index in [-0.39, 0.29) is 40.6 Å². The second kappa shape index (κ2) is 8.39. The summed E-state index contributed by atoms with van der Waals surface area (Å²) in [6, 6.07) is 2.43. The zero-order chi connectivity index (χ0) is 23.9. The van der Waals surface area contributed by atoms with Gasteiger partial charge in [-0.15, -0.1) is 4.80 Å². The van der Waals surface area contributed by atoms with Crippen LogP contribution in [0.4, 0.5) is 21.7 Å². The highest BCUT2D eigenvalue weighted by Gasteiger charge is 2.51. The zero-order valence-corrected chi connectivity index (χ0v) is 19.0. The number of aryl methyl sites for hydroxylation is 1. The maximum atomic E-state index is 14.9. The van der Waals surface area contributed by atoms with Crippen LogP contribution < -0.4 is 22.1 Å². The van der Waals surface area contributed by atoms with Crippen LogP contribution in [0.25, 0.3) is 5.69 Å². The lowest BCUT2D eigenvalue weighted by atomic mass is 9.99. The largest absolute Gasteiger partial charge is 0.365 e. The Hall–Kier alpha value is -3.60. The molecule has 174 valence electrons. The fourth-order valence-corrected chi connectivity index (χ4v) is 4.02. The standard InChI is InChI=1S/C22H28FN9O/c1-11(24)18(15-9-22(15,3)4)30-21-16(23)8-14(19(25)33)20(31-21)29-13-7-17(12(2)26-10-13)32-27-5-6-28-32/h5-8,10-11,15,18H,9,24H2,1-4H3,(H2,25,33)(H2,29,30,31)/t11-,15+,18-/m0/s1. The Morgan fingerprint density at radius 2 is 1.94 bits per heavy atom. The van der Waals surface area contributed by atoms with Crippen LogP contribution >= 0.6 is 0 Å². The molecule has 0 aromatic carbocycles. The lowest BCUT2D eigenvalue weighted by molar-refractivity contribution is 0.100. The van der Waals surface area contributed by atoms with E-state index in [2.05, 4.69) is 44.6 Å². The van der Waals surface area contributed by atoms with Gasteiger partial charge in [0.15, 0.2) is 11.6 Å². The monoisotopic (exact) mass is 453 g/mol. The zero-order valence-electron chi connectivity index (χ0n) is 19.0. The number of hydrogen-bond acceptors (Lipinski definition) is 8. The summed E-state index contributed by atoms with van der Waals surface area (Å²) >= 11 is 0. The molecular formula is C22H28FN9O. The highest BCUT2D eigenvalue weighted by Crippen LogP contribution is 2.54. The highest BCUT2D eigenvalue weighted by molar-refractivity contribution is 5.98. The molecule has 1 aliphatic carbocycles. The van der Waals surface area contributed by atoms with Crippen molar-refractivity contribution in [1.82, 2.24) is 25.0 Å². The molecule has 10 nitrogen and oxygen atoms in total. The molecule has 3 aromatic rings. The Bertz CT molecular complexity index is 1180. The van der Waals surface area contributed by atoms with E-state index in [1.54, 1.807) is 24.7 Å². The molecule has 0 unspecified atom stereocenters. The summed E-state index contributed by atoms with van der Waals surface area (Å²) < 4.78 is 14.9. The van der Waals surface area contributed by atoms with E-state index < -0.39 is 11.7 Å². The molecule has 11 heteroatoms. The Morgan fingerprint density at radius 1 is 1.27 bits per heavy atom. The molecule has 0 saturated heterocycles. The van der Waals surface area contributed by atoms with E-state index >= 15 is 0 Å². The van der Waals surface area contributed by atoms with Crippen LogP contribution in [0, 0.1) is 24.1 Å². The summed E-state index contributed by atoms with van der Waals surface area (Å²) in [5, 5.41) is 14.4. The van der Waals surface area contributed by atoms with Gasteiger partial charge in [0.05, 0.1) is 35.5 Å². The van der Waals surface area contributed by atoms with Crippen molar-refractivity contribution in [2.75, 3.05) is 10.6 Å². The van der Waals surface area contributed by atoms with Crippen LogP contribution in [-0.2, 0) is 0 Å². The lowest BCUT2D eigenvalue weighted by Gasteiger charge is -2.25. The van der Waals surface area contributed by atoms with E-state index in [1.807, 2.05) is 13.8 Å². The van der Waals surface area contributed by atoms with Gasteiger partial charge in [-0.1, -0.05) is 13.8 Å². The topological polar surface area (TPSA) is 150 Å². The molecule has 3 heterocycles. The number of rotatable bonds is 8. The summed E-state index contributed by atoms with van der Waals surface area (Å²) in [7, 11) is 0. The van der Waals surface area contributed by atoms with Gasteiger partial charge in [0.1, 0.15) is 11.5 Å². The first-order valence-electron chi connectivity index (χ1n) is 10.7. The Labute approximate surface area is 191 Å². The van der Waals surface area contributed by atoms with Gasteiger partial charge in [-0.3, -0.25) is 9.78 Å². The van der Waals surface area contributed by atoms with E-state index in [1.165, 1.54) is 4.80 Å². The summed E-state index contributed by atoms with van der Waals surface area (Å²) in [6.45, 7) is 8.00. The number of halogens is 1. The van der Waals surface area contributed by atoms with Crippen LogP contribution in [0.15, 0.2) is 30.7 Å². The number of pyridine rings is 2. The Morgan fingerprint density at radius 3 is 2.52 bits per heavy atom. The summed E-state index contributed by atoms with van der Waals surface area (Å²) in [6.07, 6.45) is 5.67. The van der Waals surface area contributed by atoms with Crippen molar-refractivity contribution in [3.05, 3.63) is 47.8 Å². The van der Waals surface area contributed by atoms with Gasteiger partial charge in [-0.2, -0.15) is 10.2 Å². The van der Waals surface area contributed by atoms with E-state index in [0.29, 0.717) is 17.1 Å². The second-order valence-electron chi connectivity index (χ2n) is 9.18. The summed E-state index contributed by atoms with van der Waals surface area (Å²) in [4.78, 5) is 22.2. The average molecular weight is 454 g/mol. The number of carbonyl (C=O) groups is 1. The van der Waals surface area contributed by atoms with E-state index in [0.717, 1.165) is 12.5 Å². The molecule has 33 heavy (non-hydrogen) atoms. The fraction of sp³-hybridized carbons (Fsp3) is 0.409. The quantitative estimate of drug-likeness (QED) is 0.406. The van der Waals surface area contributed by atoms with Crippen LogP contribution in [0.1, 0.15) is 43.2 Å². The molecule has 0 bridgehead atoms. The lowest BCUT2D eigenvalue weighted by Crippen LogP contribution is -2.41. The molecule has 1 amide bonds. The SMILES string of the molecule is Cc1ncc(Nc2nc(N[C@@H]([C@H](C)N)[C@H]3CC3(C)C)c(F)cc2C(N)=O)cc1-n1nccn1. The first kappa shape index (κ1) is 22.6. The number of amides is 1. The first-order valence-corrected chi connectivity index (χ1v) is 10.7. The van der Waals surface area contributed by atoms with Crippen molar-refractivity contribution in [2.45, 2.75) is 46.2 Å². The average Bonchev–Trinajstić information content (AvgIpc) is 3.13. The van der Waals surface area contributed by atoms with Crippen molar-refractivity contribution in [3.8, 4) is 5.69 Å². The van der Waals surface area contributed by atoms with Crippen molar-refractivity contribution >= 4 is 23.2 Å². The minimum Gasteiger partial charge on any atom is -0.365 e. The van der Waals surface area contributed by atoms with E-state index in [4.69, 9.17) is 11.5 Å². The number of primary amides is 1. The van der Waals surface area contributed by atoms with Crippen molar-refractivity contribution < 1.29 is 9.18 Å².